The number of amides is 1. The SMILES string of the molecule is Cc1cc(Br)ccc1NC(=O)COC(=O)c1ccccc1C(=O)O[C@@H]1C[C@@H](C)CC[C@H]1C(C)C. The lowest BCUT2D eigenvalue weighted by Gasteiger charge is -2.36. The van der Waals surface area contributed by atoms with Crippen LogP contribution in [-0.2, 0) is 14.3 Å². The van der Waals surface area contributed by atoms with E-state index in [0.29, 0.717) is 23.4 Å². The van der Waals surface area contributed by atoms with Crippen molar-refractivity contribution in [2.45, 2.75) is 53.1 Å². The number of carbonyl (C=O) groups excluding carboxylic acids is 3. The van der Waals surface area contributed by atoms with Gasteiger partial charge in [-0.3, -0.25) is 4.79 Å². The van der Waals surface area contributed by atoms with Crippen molar-refractivity contribution in [2.75, 3.05) is 11.9 Å². The molecule has 1 amide bonds. The summed E-state index contributed by atoms with van der Waals surface area (Å²) in [6.07, 6.45) is 2.78. The fourth-order valence-electron chi connectivity index (χ4n) is 4.45. The van der Waals surface area contributed by atoms with E-state index in [-0.39, 0.29) is 17.2 Å². The molecule has 0 radical (unpaired) electrons. The Morgan fingerprint density at radius 1 is 1.06 bits per heavy atom. The zero-order valence-corrected chi connectivity index (χ0v) is 21.7. The van der Waals surface area contributed by atoms with Gasteiger partial charge in [0, 0.05) is 10.2 Å². The van der Waals surface area contributed by atoms with E-state index in [1.165, 1.54) is 6.07 Å². The summed E-state index contributed by atoms with van der Waals surface area (Å²) in [5.74, 6) is -0.556. The number of benzene rings is 2. The molecule has 0 spiro atoms. The monoisotopic (exact) mass is 529 g/mol. The number of hydrogen-bond donors (Lipinski definition) is 1. The first-order valence-corrected chi connectivity index (χ1v) is 12.5. The summed E-state index contributed by atoms with van der Waals surface area (Å²) in [4.78, 5) is 38.1. The van der Waals surface area contributed by atoms with E-state index in [0.717, 1.165) is 29.3 Å². The van der Waals surface area contributed by atoms with Crippen molar-refractivity contribution >= 4 is 39.5 Å². The van der Waals surface area contributed by atoms with Crippen LogP contribution in [0.15, 0.2) is 46.9 Å². The molecule has 2 aromatic carbocycles. The summed E-state index contributed by atoms with van der Waals surface area (Å²) < 4.78 is 12.0. The number of aryl methyl sites for hydroxylation is 1. The molecule has 0 saturated heterocycles. The molecule has 0 aliphatic heterocycles. The number of nitrogens with one attached hydrogen (secondary N) is 1. The van der Waals surface area contributed by atoms with Gasteiger partial charge in [-0.15, -0.1) is 0 Å². The highest BCUT2D eigenvalue weighted by atomic mass is 79.9. The first kappa shape index (κ1) is 25.9. The molecule has 3 atom stereocenters. The van der Waals surface area contributed by atoms with Crippen molar-refractivity contribution in [3.63, 3.8) is 0 Å². The summed E-state index contributed by atoms with van der Waals surface area (Å²) in [6, 6.07) is 11.9. The molecule has 7 heteroatoms. The number of halogens is 1. The Morgan fingerprint density at radius 2 is 1.74 bits per heavy atom. The van der Waals surface area contributed by atoms with Crippen LogP contribution < -0.4 is 5.32 Å². The molecule has 1 aliphatic carbocycles. The first-order chi connectivity index (χ1) is 16.2. The highest BCUT2D eigenvalue weighted by Crippen LogP contribution is 2.36. The predicted octanol–water partition coefficient (Wildman–Crippen LogP) is 6.17. The zero-order valence-electron chi connectivity index (χ0n) is 20.1. The second-order valence-corrected chi connectivity index (χ2v) is 10.3. The molecule has 1 N–H and O–H groups in total. The maximum atomic E-state index is 13.0. The van der Waals surface area contributed by atoms with Crippen LogP contribution in [0.4, 0.5) is 5.69 Å². The van der Waals surface area contributed by atoms with Crippen LogP contribution in [-0.4, -0.2) is 30.6 Å². The van der Waals surface area contributed by atoms with Gasteiger partial charge in [-0.1, -0.05) is 55.3 Å². The van der Waals surface area contributed by atoms with E-state index >= 15 is 0 Å². The lowest BCUT2D eigenvalue weighted by Crippen LogP contribution is -2.36. The van der Waals surface area contributed by atoms with Gasteiger partial charge in [0.25, 0.3) is 5.91 Å². The molecule has 1 saturated carbocycles. The Kier molecular flexibility index (Phi) is 8.89. The molecule has 1 fully saturated rings. The predicted molar refractivity (Wildman–Crippen MR) is 135 cm³/mol. The smallest absolute Gasteiger partial charge is 0.339 e. The van der Waals surface area contributed by atoms with Crippen molar-refractivity contribution in [2.24, 2.45) is 17.8 Å². The Morgan fingerprint density at radius 3 is 2.38 bits per heavy atom. The lowest BCUT2D eigenvalue weighted by molar-refractivity contribution is -0.119. The van der Waals surface area contributed by atoms with Crippen LogP contribution in [0.3, 0.4) is 0 Å². The zero-order chi connectivity index (χ0) is 24.8. The highest BCUT2D eigenvalue weighted by Gasteiger charge is 2.34. The number of esters is 2. The van der Waals surface area contributed by atoms with Gasteiger partial charge in [-0.25, -0.2) is 9.59 Å². The molecular weight excluding hydrogens is 498 g/mol. The first-order valence-electron chi connectivity index (χ1n) is 11.7. The summed E-state index contributed by atoms with van der Waals surface area (Å²) in [6.45, 7) is 7.86. The van der Waals surface area contributed by atoms with E-state index in [9.17, 15) is 14.4 Å². The van der Waals surface area contributed by atoms with Crippen molar-refractivity contribution in [3.8, 4) is 0 Å². The van der Waals surface area contributed by atoms with Gasteiger partial charge in [0.1, 0.15) is 6.10 Å². The standard InChI is InChI=1S/C27H32BrNO5/c1-16(2)20-11-9-17(3)13-24(20)34-27(32)22-8-6-5-7-21(22)26(31)33-15-25(30)29-23-12-10-19(28)14-18(23)4/h5-8,10,12,14,16-17,20,24H,9,11,13,15H2,1-4H3,(H,29,30)/t17-,20-,24+/m0/s1. The van der Waals surface area contributed by atoms with Crippen LogP contribution in [0.5, 0.6) is 0 Å². The Labute approximate surface area is 209 Å². The molecule has 182 valence electrons. The van der Waals surface area contributed by atoms with Crippen LogP contribution in [0.1, 0.15) is 66.3 Å². The van der Waals surface area contributed by atoms with E-state index in [4.69, 9.17) is 9.47 Å². The van der Waals surface area contributed by atoms with Gasteiger partial charge in [-0.05, 0) is 73.4 Å². The molecule has 3 rings (SSSR count). The van der Waals surface area contributed by atoms with E-state index in [1.807, 2.05) is 19.1 Å². The van der Waals surface area contributed by atoms with Crippen LogP contribution in [0.25, 0.3) is 0 Å². The molecule has 1 aliphatic rings. The number of ether oxygens (including phenoxy) is 2. The molecule has 2 aromatic rings. The second-order valence-electron chi connectivity index (χ2n) is 9.40. The van der Waals surface area contributed by atoms with E-state index in [1.54, 1.807) is 24.3 Å². The third kappa shape index (κ3) is 6.69. The van der Waals surface area contributed by atoms with Crippen molar-refractivity contribution in [1.82, 2.24) is 0 Å². The second kappa shape index (κ2) is 11.6. The van der Waals surface area contributed by atoms with Gasteiger partial charge in [-0.2, -0.15) is 0 Å². The van der Waals surface area contributed by atoms with Gasteiger partial charge in [0.15, 0.2) is 6.61 Å². The minimum Gasteiger partial charge on any atom is -0.458 e. The largest absolute Gasteiger partial charge is 0.458 e. The third-order valence-electron chi connectivity index (χ3n) is 6.38. The van der Waals surface area contributed by atoms with Crippen molar-refractivity contribution < 1.29 is 23.9 Å². The topological polar surface area (TPSA) is 81.7 Å². The van der Waals surface area contributed by atoms with Gasteiger partial charge in [0.2, 0.25) is 0 Å². The molecular formula is C27H32BrNO5. The van der Waals surface area contributed by atoms with Crippen LogP contribution >= 0.6 is 15.9 Å². The minimum atomic E-state index is -0.743. The molecule has 0 aromatic heterocycles. The van der Waals surface area contributed by atoms with Gasteiger partial charge < -0.3 is 14.8 Å². The number of anilines is 1. The normalized spacial score (nSPS) is 20.0. The van der Waals surface area contributed by atoms with Gasteiger partial charge in [0.05, 0.1) is 11.1 Å². The number of rotatable bonds is 7. The number of hydrogen-bond acceptors (Lipinski definition) is 5. The van der Waals surface area contributed by atoms with Crippen LogP contribution in [0, 0.1) is 24.7 Å². The van der Waals surface area contributed by atoms with Gasteiger partial charge >= 0.3 is 11.9 Å². The summed E-state index contributed by atoms with van der Waals surface area (Å²) in [5, 5.41) is 2.73. The molecule has 0 bridgehead atoms. The Balaban J connectivity index is 1.65. The minimum absolute atomic E-state index is 0.0880. The maximum absolute atomic E-state index is 13.0. The summed E-state index contributed by atoms with van der Waals surface area (Å²) in [5.41, 5.74) is 1.75. The van der Waals surface area contributed by atoms with Crippen molar-refractivity contribution in [3.05, 3.63) is 63.6 Å². The average Bonchev–Trinajstić information content (AvgIpc) is 2.79. The fraction of sp³-hybridized carbons (Fsp3) is 0.444. The molecule has 0 heterocycles. The molecule has 0 unspecified atom stereocenters. The summed E-state index contributed by atoms with van der Waals surface area (Å²) >= 11 is 3.38. The average molecular weight is 530 g/mol. The fourth-order valence-corrected chi connectivity index (χ4v) is 4.93. The van der Waals surface area contributed by atoms with E-state index in [2.05, 4.69) is 42.0 Å². The summed E-state index contributed by atoms with van der Waals surface area (Å²) in [7, 11) is 0. The lowest BCUT2D eigenvalue weighted by atomic mass is 9.75. The highest BCUT2D eigenvalue weighted by molar-refractivity contribution is 9.10. The quantitative estimate of drug-likeness (QED) is 0.433. The van der Waals surface area contributed by atoms with Crippen molar-refractivity contribution in [1.29, 1.82) is 0 Å². The Bertz CT molecular complexity index is 1050. The number of carbonyl (C=O) groups is 3. The van der Waals surface area contributed by atoms with Crippen LogP contribution in [0.2, 0.25) is 0 Å². The Hall–Kier alpha value is -2.67. The maximum Gasteiger partial charge on any atom is 0.339 e. The molecule has 6 nitrogen and oxygen atoms in total. The van der Waals surface area contributed by atoms with E-state index < -0.39 is 24.5 Å². The third-order valence-corrected chi connectivity index (χ3v) is 6.88. The molecule has 34 heavy (non-hydrogen) atoms.